The van der Waals surface area contributed by atoms with E-state index in [4.69, 9.17) is 0 Å². The van der Waals surface area contributed by atoms with E-state index in [9.17, 15) is 19.1 Å². The lowest BCUT2D eigenvalue weighted by atomic mass is 10.1. The molecule has 5 nitrogen and oxygen atoms in total. The average molecular weight is 365 g/mol. The summed E-state index contributed by atoms with van der Waals surface area (Å²) >= 11 is 0. The van der Waals surface area contributed by atoms with Gasteiger partial charge in [0.2, 0.25) is 5.91 Å². The van der Waals surface area contributed by atoms with Crippen molar-refractivity contribution in [1.82, 2.24) is 4.57 Å². The SMILES string of the molecule is CC(=O)Nc1ccc(-n2c(CCC(=O)[O-])ccc2-c2ccc(F)cc2)cc1. The van der Waals surface area contributed by atoms with Crippen molar-refractivity contribution in [3.05, 3.63) is 72.2 Å². The van der Waals surface area contributed by atoms with Crippen molar-refractivity contribution in [2.75, 3.05) is 5.32 Å². The Hall–Kier alpha value is -3.41. The van der Waals surface area contributed by atoms with Crippen LogP contribution in [0.2, 0.25) is 0 Å². The van der Waals surface area contributed by atoms with Gasteiger partial charge in [0, 0.05) is 30.0 Å². The van der Waals surface area contributed by atoms with E-state index in [2.05, 4.69) is 5.32 Å². The average Bonchev–Trinajstić information content (AvgIpc) is 3.04. The van der Waals surface area contributed by atoms with E-state index in [0.717, 1.165) is 22.6 Å². The second-order valence-corrected chi connectivity index (χ2v) is 6.15. The van der Waals surface area contributed by atoms with Gasteiger partial charge in [0.1, 0.15) is 5.82 Å². The maximum atomic E-state index is 13.3. The summed E-state index contributed by atoms with van der Waals surface area (Å²) in [5.41, 5.74) is 3.89. The number of halogens is 1. The second-order valence-electron chi connectivity index (χ2n) is 6.15. The number of aromatic nitrogens is 1. The maximum Gasteiger partial charge on any atom is 0.221 e. The molecule has 138 valence electrons. The summed E-state index contributed by atoms with van der Waals surface area (Å²) in [6.45, 7) is 1.44. The van der Waals surface area contributed by atoms with Gasteiger partial charge in [0.05, 0.1) is 5.69 Å². The summed E-state index contributed by atoms with van der Waals surface area (Å²) in [5, 5.41) is 13.6. The van der Waals surface area contributed by atoms with Gasteiger partial charge in [-0.2, -0.15) is 0 Å². The Kier molecular flexibility index (Phi) is 5.35. The van der Waals surface area contributed by atoms with Crippen LogP contribution in [0.1, 0.15) is 19.0 Å². The first-order valence-electron chi connectivity index (χ1n) is 8.48. The van der Waals surface area contributed by atoms with Gasteiger partial charge in [-0.15, -0.1) is 0 Å². The minimum atomic E-state index is -1.12. The van der Waals surface area contributed by atoms with Crippen LogP contribution in [0, 0.1) is 5.82 Å². The number of nitrogens with one attached hydrogen (secondary N) is 1. The number of carbonyl (C=O) groups is 2. The maximum absolute atomic E-state index is 13.3. The molecule has 1 heterocycles. The minimum Gasteiger partial charge on any atom is -0.550 e. The zero-order chi connectivity index (χ0) is 19.4. The number of hydrogen-bond acceptors (Lipinski definition) is 3. The third-order valence-corrected chi connectivity index (χ3v) is 4.13. The molecule has 0 saturated heterocycles. The van der Waals surface area contributed by atoms with Crippen molar-refractivity contribution in [3.8, 4) is 16.9 Å². The summed E-state index contributed by atoms with van der Waals surface area (Å²) in [4.78, 5) is 22.1. The van der Waals surface area contributed by atoms with Crippen molar-refractivity contribution >= 4 is 17.6 Å². The molecule has 0 aliphatic rings. The largest absolute Gasteiger partial charge is 0.550 e. The quantitative estimate of drug-likeness (QED) is 0.730. The van der Waals surface area contributed by atoms with Crippen molar-refractivity contribution in [3.63, 3.8) is 0 Å². The van der Waals surface area contributed by atoms with Crippen LogP contribution in [0.25, 0.3) is 16.9 Å². The van der Waals surface area contributed by atoms with E-state index in [1.165, 1.54) is 19.1 Å². The molecular formula is C21H18FN2O3-. The van der Waals surface area contributed by atoms with Crippen LogP contribution in [-0.4, -0.2) is 16.4 Å². The highest BCUT2D eigenvalue weighted by Crippen LogP contribution is 2.28. The van der Waals surface area contributed by atoms with Gasteiger partial charge < -0.3 is 19.8 Å². The molecule has 3 rings (SSSR count). The van der Waals surface area contributed by atoms with E-state index < -0.39 is 5.97 Å². The standard InChI is InChI=1S/C21H19FN2O3/c1-14(25)23-17-6-8-18(9-7-17)24-19(11-13-21(26)27)10-12-20(24)15-2-4-16(22)5-3-15/h2-10,12H,11,13H2,1H3,(H,23,25)(H,26,27)/p-1. The number of aliphatic carboxylic acids is 1. The fourth-order valence-corrected chi connectivity index (χ4v) is 2.95. The lowest BCUT2D eigenvalue weighted by molar-refractivity contribution is -0.305. The number of aryl methyl sites for hydroxylation is 1. The Morgan fingerprint density at radius 3 is 2.26 bits per heavy atom. The highest BCUT2D eigenvalue weighted by molar-refractivity contribution is 5.88. The van der Waals surface area contributed by atoms with Gasteiger partial charge in [-0.3, -0.25) is 4.79 Å². The number of amides is 1. The number of carbonyl (C=O) groups excluding carboxylic acids is 2. The van der Waals surface area contributed by atoms with Crippen molar-refractivity contribution in [1.29, 1.82) is 0 Å². The molecule has 0 spiro atoms. The smallest absolute Gasteiger partial charge is 0.221 e. The molecule has 0 aliphatic heterocycles. The number of anilines is 1. The normalized spacial score (nSPS) is 10.6. The number of nitrogens with zero attached hydrogens (tertiary/aromatic N) is 1. The summed E-state index contributed by atoms with van der Waals surface area (Å²) in [6.07, 6.45) is 0.202. The molecule has 0 aliphatic carbocycles. The third kappa shape index (κ3) is 4.41. The molecule has 0 radical (unpaired) electrons. The fourth-order valence-electron chi connectivity index (χ4n) is 2.95. The van der Waals surface area contributed by atoms with Crippen LogP contribution in [0.5, 0.6) is 0 Å². The van der Waals surface area contributed by atoms with Crippen LogP contribution in [-0.2, 0) is 16.0 Å². The Morgan fingerprint density at radius 1 is 1.00 bits per heavy atom. The van der Waals surface area contributed by atoms with Crippen LogP contribution in [0.15, 0.2) is 60.7 Å². The Labute approximate surface area is 156 Å². The molecule has 0 unspecified atom stereocenters. The topological polar surface area (TPSA) is 74.2 Å². The van der Waals surface area contributed by atoms with Crippen molar-refractivity contribution < 1.29 is 19.1 Å². The number of rotatable bonds is 6. The Morgan fingerprint density at radius 2 is 1.67 bits per heavy atom. The molecule has 1 aromatic heterocycles. The van der Waals surface area contributed by atoms with Gasteiger partial charge in [0.15, 0.2) is 0 Å². The zero-order valence-corrected chi connectivity index (χ0v) is 14.7. The van der Waals surface area contributed by atoms with Gasteiger partial charge in [-0.05, 0) is 79.1 Å². The van der Waals surface area contributed by atoms with E-state index in [-0.39, 0.29) is 18.1 Å². The Bertz CT molecular complexity index is 960. The number of benzene rings is 2. The number of carboxylic acids is 1. The number of carboxylic acid groups (broad SMARTS) is 1. The molecule has 0 atom stereocenters. The molecule has 0 fully saturated rings. The van der Waals surface area contributed by atoms with Crippen LogP contribution >= 0.6 is 0 Å². The molecule has 0 saturated carbocycles. The number of hydrogen-bond donors (Lipinski definition) is 1. The molecule has 1 N–H and O–H groups in total. The second kappa shape index (κ2) is 7.86. The minimum absolute atomic E-state index is 0.100. The van der Waals surface area contributed by atoms with E-state index >= 15 is 0 Å². The first-order chi connectivity index (χ1) is 12.9. The summed E-state index contributed by atoms with van der Waals surface area (Å²) < 4.78 is 15.2. The lowest BCUT2D eigenvalue weighted by Gasteiger charge is -2.15. The lowest BCUT2D eigenvalue weighted by Crippen LogP contribution is -2.22. The monoisotopic (exact) mass is 365 g/mol. The van der Waals surface area contributed by atoms with Gasteiger partial charge in [-0.25, -0.2) is 4.39 Å². The molecule has 2 aromatic carbocycles. The first-order valence-corrected chi connectivity index (χ1v) is 8.48. The van der Waals surface area contributed by atoms with Crippen molar-refractivity contribution in [2.24, 2.45) is 0 Å². The molecule has 1 amide bonds. The summed E-state index contributed by atoms with van der Waals surface area (Å²) in [7, 11) is 0. The summed E-state index contributed by atoms with van der Waals surface area (Å²) in [5.74, 6) is -1.61. The highest BCUT2D eigenvalue weighted by atomic mass is 19.1. The summed E-state index contributed by atoms with van der Waals surface area (Å²) in [6, 6.07) is 17.1. The highest BCUT2D eigenvalue weighted by Gasteiger charge is 2.12. The zero-order valence-electron chi connectivity index (χ0n) is 14.7. The first kappa shape index (κ1) is 18.4. The molecule has 0 bridgehead atoms. The van der Waals surface area contributed by atoms with Gasteiger partial charge >= 0.3 is 0 Å². The fraction of sp³-hybridized carbons (Fsp3) is 0.143. The van der Waals surface area contributed by atoms with E-state index in [0.29, 0.717) is 12.1 Å². The Balaban J connectivity index is 2.04. The van der Waals surface area contributed by atoms with Gasteiger partial charge in [0.25, 0.3) is 0 Å². The van der Waals surface area contributed by atoms with Crippen LogP contribution < -0.4 is 10.4 Å². The van der Waals surface area contributed by atoms with Crippen LogP contribution in [0.4, 0.5) is 10.1 Å². The van der Waals surface area contributed by atoms with Gasteiger partial charge in [-0.1, -0.05) is 0 Å². The van der Waals surface area contributed by atoms with Crippen LogP contribution in [0.3, 0.4) is 0 Å². The van der Waals surface area contributed by atoms with E-state index in [1.54, 1.807) is 24.3 Å². The predicted molar refractivity (Wildman–Crippen MR) is 98.8 cm³/mol. The molecule has 6 heteroatoms. The third-order valence-electron chi connectivity index (χ3n) is 4.13. The molecular weight excluding hydrogens is 347 g/mol. The molecule has 27 heavy (non-hydrogen) atoms. The predicted octanol–water partition coefficient (Wildman–Crippen LogP) is 2.92. The van der Waals surface area contributed by atoms with Crippen molar-refractivity contribution in [2.45, 2.75) is 19.8 Å². The molecule has 3 aromatic rings. The van der Waals surface area contributed by atoms with E-state index in [1.807, 2.05) is 28.8 Å².